The Morgan fingerprint density at radius 2 is 1.80 bits per heavy atom. The molecule has 0 aliphatic carbocycles. The van der Waals surface area contributed by atoms with E-state index in [2.05, 4.69) is 19.6 Å². The number of nitrogens with two attached hydrogens (primary N) is 1. The molecule has 0 bridgehead atoms. The van der Waals surface area contributed by atoms with Crippen LogP contribution in [0.2, 0.25) is 19.6 Å². The summed E-state index contributed by atoms with van der Waals surface area (Å²) in [4.78, 5) is 11.4. The Morgan fingerprint density at radius 3 is 2.25 bits per heavy atom. The highest BCUT2D eigenvalue weighted by Gasteiger charge is 2.17. The van der Waals surface area contributed by atoms with E-state index < -0.39 is 8.32 Å². The van der Waals surface area contributed by atoms with Crippen molar-refractivity contribution in [3.05, 3.63) is 29.8 Å². The fraction of sp³-hybridized carbons (Fsp3) is 0.500. The maximum Gasteiger partial charge on any atom is 0.307 e. The molecule has 2 N–H and O–H groups in total. The minimum atomic E-state index is -1.58. The highest BCUT2D eigenvalue weighted by atomic mass is 35.5. The lowest BCUT2D eigenvalue weighted by molar-refractivity contribution is -0.143. The Morgan fingerprint density at radius 1 is 1.25 bits per heavy atom. The van der Waals surface area contributed by atoms with Gasteiger partial charge in [0.25, 0.3) is 0 Å². The van der Waals surface area contributed by atoms with Crippen molar-refractivity contribution in [2.45, 2.75) is 39.0 Å². The Hall–Kier alpha value is -1.04. The van der Waals surface area contributed by atoms with Gasteiger partial charge in [0, 0.05) is 6.04 Å². The molecule has 0 saturated carbocycles. The number of carbonyl (C=O) groups excluding carboxylic acids is 1. The van der Waals surface area contributed by atoms with Gasteiger partial charge in [-0.1, -0.05) is 12.1 Å². The summed E-state index contributed by atoms with van der Waals surface area (Å²) in [6.07, 6.45) is 0.196. The second-order valence-electron chi connectivity index (χ2n) is 5.40. The molecule has 0 radical (unpaired) electrons. The first kappa shape index (κ1) is 19.0. The van der Waals surface area contributed by atoms with Crippen molar-refractivity contribution in [3.8, 4) is 5.75 Å². The van der Waals surface area contributed by atoms with Crippen LogP contribution in [0.15, 0.2) is 24.3 Å². The van der Waals surface area contributed by atoms with Gasteiger partial charge in [0.05, 0.1) is 13.0 Å². The zero-order chi connectivity index (χ0) is 14.5. The van der Waals surface area contributed by atoms with E-state index in [9.17, 15) is 4.79 Å². The zero-order valence-electron chi connectivity index (χ0n) is 12.5. The summed E-state index contributed by atoms with van der Waals surface area (Å²) in [5, 5.41) is 0. The third-order valence-corrected chi connectivity index (χ3v) is 3.27. The molecule has 0 aliphatic rings. The topological polar surface area (TPSA) is 61.5 Å². The largest absolute Gasteiger partial charge is 0.544 e. The Balaban J connectivity index is 0.00000361. The molecule has 0 heterocycles. The van der Waals surface area contributed by atoms with Crippen LogP contribution in [0.25, 0.3) is 0 Å². The van der Waals surface area contributed by atoms with Gasteiger partial charge in [-0.3, -0.25) is 4.79 Å². The summed E-state index contributed by atoms with van der Waals surface area (Å²) in [7, 11) is -1.58. The maximum atomic E-state index is 11.4. The van der Waals surface area contributed by atoms with Crippen molar-refractivity contribution in [1.29, 1.82) is 0 Å². The van der Waals surface area contributed by atoms with Crippen molar-refractivity contribution in [2.24, 2.45) is 5.73 Å². The predicted molar refractivity (Wildman–Crippen MR) is 85.8 cm³/mol. The van der Waals surface area contributed by atoms with Crippen LogP contribution >= 0.6 is 12.4 Å². The average molecular weight is 318 g/mol. The molecule has 0 saturated heterocycles. The third kappa shape index (κ3) is 6.93. The van der Waals surface area contributed by atoms with Crippen LogP contribution in [0.5, 0.6) is 5.75 Å². The number of hydrogen-bond acceptors (Lipinski definition) is 4. The van der Waals surface area contributed by atoms with E-state index in [1.54, 1.807) is 6.92 Å². The van der Waals surface area contributed by atoms with Crippen molar-refractivity contribution in [1.82, 2.24) is 0 Å². The normalized spacial score (nSPS) is 12.2. The van der Waals surface area contributed by atoms with Crippen molar-refractivity contribution < 1.29 is 14.0 Å². The fourth-order valence-electron chi connectivity index (χ4n) is 1.65. The number of rotatable bonds is 6. The second-order valence-corrected chi connectivity index (χ2v) is 9.83. The van der Waals surface area contributed by atoms with Crippen LogP contribution in [0.3, 0.4) is 0 Å². The second kappa shape index (κ2) is 8.29. The first-order chi connectivity index (χ1) is 8.81. The van der Waals surface area contributed by atoms with Crippen LogP contribution in [-0.4, -0.2) is 20.9 Å². The molecule has 0 spiro atoms. The molecule has 0 unspecified atom stereocenters. The van der Waals surface area contributed by atoms with E-state index in [1.807, 2.05) is 24.3 Å². The van der Waals surface area contributed by atoms with Gasteiger partial charge in [0.2, 0.25) is 8.32 Å². The molecule has 1 aromatic rings. The summed E-state index contributed by atoms with van der Waals surface area (Å²) in [6, 6.07) is 7.27. The number of hydrogen-bond donors (Lipinski definition) is 1. The van der Waals surface area contributed by atoms with E-state index in [-0.39, 0.29) is 30.8 Å². The number of esters is 1. The first-order valence-corrected chi connectivity index (χ1v) is 9.93. The molecule has 0 aromatic heterocycles. The van der Waals surface area contributed by atoms with Crippen LogP contribution in [0.1, 0.15) is 24.9 Å². The molecule has 1 aromatic carbocycles. The molecule has 0 aliphatic heterocycles. The van der Waals surface area contributed by atoms with Gasteiger partial charge in [-0.15, -0.1) is 12.4 Å². The number of halogens is 1. The number of carbonyl (C=O) groups is 1. The van der Waals surface area contributed by atoms with Gasteiger partial charge in [-0.05, 0) is 44.3 Å². The lowest BCUT2D eigenvalue weighted by atomic mass is 10.0. The van der Waals surface area contributed by atoms with Crippen LogP contribution in [0.4, 0.5) is 0 Å². The standard InChI is InChI=1S/C14H23NO3Si.ClH/c1-5-17-14(16)10-13(15)11-6-8-12(9-7-11)18-19(2,3)4;/h6-9,13H,5,10,15H2,1-4H3;1H/t13-;/m0./s1. The van der Waals surface area contributed by atoms with E-state index >= 15 is 0 Å². The lowest BCUT2D eigenvalue weighted by Crippen LogP contribution is -2.29. The maximum absolute atomic E-state index is 11.4. The van der Waals surface area contributed by atoms with Gasteiger partial charge >= 0.3 is 5.97 Å². The summed E-state index contributed by atoms with van der Waals surface area (Å²) in [5.74, 6) is 0.587. The SMILES string of the molecule is CCOC(=O)C[C@H](N)c1ccc(O[Si](C)(C)C)cc1.Cl. The van der Waals surface area contributed by atoms with E-state index in [4.69, 9.17) is 14.9 Å². The molecule has 0 fully saturated rings. The van der Waals surface area contributed by atoms with E-state index in [0.29, 0.717) is 6.61 Å². The van der Waals surface area contributed by atoms with Crippen LogP contribution < -0.4 is 10.2 Å². The van der Waals surface area contributed by atoms with Crippen molar-refractivity contribution in [2.75, 3.05) is 6.61 Å². The smallest absolute Gasteiger partial charge is 0.307 e. The highest BCUT2D eigenvalue weighted by Crippen LogP contribution is 2.21. The molecule has 1 rings (SSSR count). The van der Waals surface area contributed by atoms with Crippen LogP contribution in [0, 0.1) is 0 Å². The molecule has 4 nitrogen and oxygen atoms in total. The number of ether oxygens (including phenoxy) is 1. The predicted octanol–water partition coefficient (Wildman–Crippen LogP) is 3.28. The molecule has 114 valence electrons. The Bertz CT molecular complexity index is 417. The molecular weight excluding hydrogens is 294 g/mol. The minimum absolute atomic E-state index is 0. The zero-order valence-corrected chi connectivity index (χ0v) is 14.3. The average Bonchev–Trinajstić information content (AvgIpc) is 2.27. The van der Waals surface area contributed by atoms with Gasteiger partial charge in [-0.2, -0.15) is 0 Å². The summed E-state index contributed by atoms with van der Waals surface area (Å²) in [5.41, 5.74) is 6.88. The quantitative estimate of drug-likeness (QED) is 0.646. The highest BCUT2D eigenvalue weighted by molar-refractivity contribution is 6.70. The van der Waals surface area contributed by atoms with Gasteiger partial charge < -0.3 is 14.9 Å². The minimum Gasteiger partial charge on any atom is -0.544 e. The van der Waals surface area contributed by atoms with E-state index in [1.165, 1.54) is 0 Å². The molecule has 20 heavy (non-hydrogen) atoms. The summed E-state index contributed by atoms with van der Waals surface area (Å²) in [6.45, 7) is 8.56. The summed E-state index contributed by atoms with van der Waals surface area (Å²) >= 11 is 0. The summed E-state index contributed by atoms with van der Waals surface area (Å²) < 4.78 is 10.7. The monoisotopic (exact) mass is 317 g/mol. The molecular formula is C14H24ClNO3Si. The third-order valence-electron chi connectivity index (χ3n) is 2.42. The van der Waals surface area contributed by atoms with E-state index in [0.717, 1.165) is 11.3 Å². The molecule has 6 heteroatoms. The van der Waals surface area contributed by atoms with Crippen LogP contribution in [-0.2, 0) is 9.53 Å². The molecule has 0 amide bonds. The van der Waals surface area contributed by atoms with Crippen molar-refractivity contribution >= 4 is 26.7 Å². The van der Waals surface area contributed by atoms with Crippen molar-refractivity contribution in [3.63, 3.8) is 0 Å². The fourth-order valence-corrected chi connectivity index (χ4v) is 2.50. The van der Waals surface area contributed by atoms with Gasteiger partial charge in [-0.25, -0.2) is 0 Å². The van der Waals surface area contributed by atoms with Gasteiger partial charge in [0.15, 0.2) is 0 Å². The van der Waals surface area contributed by atoms with Gasteiger partial charge in [0.1, 0.15) is 5.75 Å². The lowest BCUT2D eigenvalue weighted by Gasteiger charge is -2.19. The first-order valence-electron chi connectivity index (χ1n) is 6.52. The molecule has 1 atom stereocenters. The number of benzene rings is 1. The Labute approximate surface area is 128 Å². The Kier molecular flexibility index (Phi) is 7.86.